The SMILES string of the molecule is Cc1nc(COc2ccc(C(=O)O[C@@H](C)C(=O)NC3CCCCCC3)cc2)no1. The van der Waals surface area contributed by atoms with Gasteiger partial charge in [0, 0.05) is 13.0 Å². The molecule has 1 N–H and O–H groups in total. The highest BCUT2D eigenvalue weighted by Crippen LogP contribution is 2.18. The minimum absolute atomic E-state index is 0.166. The monoisotopic (exact) mass is 401 g/mol. The van der Waals surface area contributed by atoms with E-state index in [-0.39, 0.29) is 18.6 Å². The molecular weight excluding hydrogens is 374 g/mol. The average molecular weight is 401 g/mol. The molecule has 8 nitrogen and oxygen atoms in total. The number of nitrogens with one attached hydrogen (secondary N) is 1. The summed E-state index contributed by atoms with van der Waals surface area (Å²) in [5, 5.41) is 6.75. The van der Waals surface area contributed by atoms with Crippen LogP contribution in [0.25, 0.3) is 0 Å². The highest BCUT2D eigenvalue weighted by atomic mass is 16.5. The van der Waals surface area contributed by atoms with E-state index in [2.05, 4.69) is 15.5 Å². The number of hydrogen-bond acceptors (Lipinski definition) is 7. The van der Waals surface area contributed by atoms with Crippen LogP contribution >= 0.6 is 0 Å². The van der Waals surface area contributed by atoms with E-state index >= 15 is 0 Å². The molecule has 3 rings (SSSR count). The van der Waals surface area contributed by atoms with Crippen LogP contribution in [0.1, 0.15) is 67.5 Å². The highest BCUT2D eigenvalue weighted by Gasteiger charge is 2.22. The summed E-state index contributed by atoms with van der Waals surface area (Å²) in [6.45, 7) is 3.46. The Labute approximate surface area is 170 Å². The van der Waals surface area contributed by atoms with E-state index in [4.69, 9.17) is 14.0 Å². The molecule has 1 aromatic carbocycles. The zero-order valence-corrected chi connectivity index (χ0v) is 16.8. The second kappa shape index (κ2) is 10.0. The van der Waals surface area contributed by atoms with E-state index in [1.165, 1.54) is 12.8 Å². The lowest BCUT2D eigenvalue weighted by Crippen LogP contribution is -2.41. The van der Waals surface area contributed by atoms with Gasteiger partial charge in [-0.3, -0.25) is 4.79 Å². The van der Waals surface area contributed by atoms with Crippen LogP contribution in [0.3, 0.4) is 0 Å². The van der Waals surface area contributed by atoms with Crippen molar-refractivity contribution in [2.75, 3.05) is 0 Å². The number of aromatic nitrogens is 2. The summed E-state index contributed by atoms with van der Waals surface area (Å²) >= 11 is 0. The van der Waals surface area contributed by atoms with Crippen molar-refractivity contribution in [1.82, 2.24) is 15.5 Å². The second-order valence-corrected chi connectivity index (χ2v) is 7.29. The van der Waals surface area contributed by atoms with Gasteiger partial charge in [0.1, 0.15) is 5.75 Å². The number of amides is 1. The van der Waals surface area contributed by atoms with Crippen LogP contribution in [0, 0.1) is 6.92 Å². The Balaban J connectivity index is 1.47. The van der Waals surface area contributed by atoms with Crippen LogP contribution in [0.15, 0.2) is 28.8 Å². The van der Waals surface area contributed by atoms with Gasteiger partial charge in [0.25, 0.3) is 5.91 Å². The number of carbonyl (C=O) groups excluding carboxylic acids is 2. The number of carbonyl (C=O) groups is 2. The number of benzene rings is 1. The summed E-state index contributed by atoms with van der Waals surface area (Å²) in [7, 11) is 0. The van der Waals surface area contributed by atoms with Crippen LogP contribution in [-0.4, -0.2) is 34.2 Å². The van der Waals surface area contributed by atoms with Gasteiger partial charge in [0.2, 0.25) is 11.7 Å². The van der Waals surface area contributed by atoms with Crippen molar-refractivity contribution < 1.29 is 23.6 Å². The Morgan fingerprint density at radius 1 is 1.17 bits per heavy atom. The van der Waals surface area contributed by atoms with Crippen molar-refractivity contribution in [2.45, 2.75) is 71.1 Å². The van der Waals surface area contributed by atoms with Gasteiger partial charge in [0.15, 0.2) is 12.7 Å². The third-order valence-electron chi connectivity index (χ3n) is 4.88. The summed E-state index contributed by atoms with van der Waals surface area (Å²) in [4.78, 5) is 28.7. The standard InChI is InChI=1S/C21H27N3O5/c1-14(20(25)23-17-7-5-3-4-6-8-17)28-21(26)16-9-11-18(12-10-16)27-13-19-22-15(2)29-24-19/h9-12,14,17H,3-8,13H2,1-2H3,(H,23,25)/t14-/m0/s1. The fourth-order valence-electron chi connectivity index (χ4n) is 3.26. The quantitative estimate of drug-likeness (QED) is 0.560. The first-order valence-corrected chi connectivity index (χ1v) is 10.0. The maximum atomic E-state index is 12.3. The molecule has 0 spiro atoms. The minimum Gasteiger partial charge on any atom is -0.485 e. The minimum atomic E-state index is -0.844. The zero-order chi connectivity index (χ0) is 20.6. The number of ether oxygens (including phenoxy) is 2. The molecule has 0 aliphatic heterocycles. The van der Waals surface area contributed by atoms with Gasteiger partial charge in [-0.1, -0.05) is 30.8 Å². The predicted molar refractivity (Wildman–Crippen MR) is 104 cm³/mol. The molecule has 0 saturated heterocycles. The molecule has 156 valence electrons. The maximum Gasteiger partial charge on any atom is 0.338 e. The molecule has 0 radical (unpaired) electrons. The van der Waals surface area contributed by atoms with Gasteiger partial charge in [-0.2, -0.15) is 4.98 Å². The molecule has 1 fully saturated rings. The molecule has 1 aromatic heterocycles. The fourth-order valence-corrected chi connectivity index (χ4v) is 3.26. The molecule has 29 heavy (non-hydrogen) atoms. The van der Waals surface area contributed by atoms with Gasteiger partial charge >= 0.3 is 5.97 Å². The Morgan fingerprint density at radius 2 is 1.86 bits per heavy atom. The molecule has 0 bridgehead atoms. The van der Waals surface area contributed by atoms with Crippen LogP contribution < -0.4 is 10.1 Å². The Morgan fingerprint density at radius 3 is 2.48 bits per heavy atom. The van der Waals surface area contributed by atoms with Crippen LogP contribution in [-0.2, 0) is 16.1 Å². The number of aryl methyl sites for hydroxylation is 1. The lowest BCUT2D eigenvalue weighted by atomic mass is 10.1. The molecule has 1 saturated carbocycles. The summed E-state index contributed by atoms with van der Waals surface area (Å²) < 4.78 is 15.8. The van der Waals surface area contributed by atoms with Gasteiger partial charge < -0.3 is 19.3 Å². The molecule has 1 amide bonds. The number of hydrogen-bond donors (Lipinski definition) is 1. The summed E-state index contributed by atoms with van der Waals surface area (Å²) in [5.74, 6) is 0.677. The van der Waals surface area contributed by atoms with Gasteiger partial charge in [-0.05, 0) is 44.0 Å². The lowest BCUT2D eigenvalue weighted by molar-refractivity contribution is -0.129. The molecule has 0 unspecified atom stereocenters. The van der Waals surface area contributed by atoms with Crippen LogP contribution in [0.2, 0.25) is 0 Å². The normalized spacial score (nSPS) is 15.9. The predicted octanol–water partition coefficient (Wildman–Crippen LogP) is 3.34. The number of esters is 1. The highest BCUT2D eigenvalue weighted by molar-refractivity contribution is 5.92. The van der Waals surface area contributed by atoms with E-state index in [1.807, 2.05) is 0 Å². The zero-order valence-electron chi connectivity index (χ0n) is 16.8. The molecule has 2 aromatic rings. The molecule has 1 aliphatic rings. The van der Waals surface area contributed by atoms with Gasteiger partial charge in [-0.15, -0.1) is 0 Å². The van der Waals surface area contributed by atoms with Crippen molar-refractivity contribution in [1.29, 1.82) is 0 Å². The number of nitrogens with zero attached hydrogens (tertiary/aromatic N) is 2. The largest absolute Gasteiger partial charge is 0.485 e. The first-order valence-electron chi connectivity index (χ1n) is 10.0. The maximum absolute atomic E-state index is 12.3. The van der Waals surface area contributed by atoms with E-state index < -0.39 is 12.1 Å². The van der Waals surface area contributed by atoms with E-state index in [1.54, 1.807) is 38.1 Å². The van der Waals surface area contributed by atoms with Gasteiger partial charge in [-0.25, -0.2) is 4.79 Å². The Hall–Kier alpha value is -2.90. The third kappa shape index (κ3) is 6.30. The van der Waals surface area contributed by atoms with E-state index in [0.717, 1.165) is 25.7 Å². The first-order chi connectivity index (χ1) is 14.0. The summed E-state index contributed by atoms with van der Waals surface area (Å²) in [6, 6.07) is 6.66. The molecule has 1 aliphatic carbocycles. The van der Waals surface area contributed by atoms with Crippen molar-refractivity contribution in [3.63, 3.8) is 0 Å². The van der Waals surface area contributed by atoms with Crippen LogP contribution in [0.5, 0.6) is 5.75 Å². The Kier molecular flexibility index (Phi) is 7.21. The van der Waals surface area contributed by atoms with E-state index in [9.17, 15) is 9.59 Å². The van der Waals surface area contributed by atoms with Crippen molar-refractivity contribution >= 4 is 11.9 Å². The van der Waals surface area contributed by atoms with Crippen molar-refractivity contribution in [3.8, 4) is 5.75 Å². The molecule has 8 heteroatoms. The smallest absolute Gasteiger partial charge is 0.338 e. The topological polar surface area (TPSA) is 104 Å². The fraction of sp³-hybridized carbons (Fsp3) is 0.524. The molecular formula is C21H27N3O5. The average Bonchev–Trinajstić information content (AvgIpc) is 2.96. The first kappa shape index (κ1) is 20.8. The Bertz CT molecular complexity index is 810. The lowest BCUT2D eigenvalue weighted by Gasteiger charge is -2.19. The van der Waals surface area contributed by atoms with E-state index in [0.29, 0.717) is 23.0 Å². The third-order valence-corrected chi connectivity index (χ3v) is 4.88. The second-order valence-electron chi connectivity index (χ2n) is 7.29. The van der Waals surface area contributed by atoms with Crippen molar-refractivity contribution in [2.24, 2.45) is 0 Å². The van der Waals surface area contributed by atoms with Gasteiger partial charge in [0.05, 0.1) is 5.56 Å². The summed E-state index contributed by atoms with van der Waals surface area (Å²) in [6.07, 6.45) is 5.80. The molecule has 1 atom stereocenters. The van der Waals surface area contributed by atoms with Crippen LogP contribution in [0.4, 0.5) is 0 Å². The molecule has 1 heterocycles. The van der Waals surface area contributed by atoms with Crippen molar-refractivity contribution in [3.05, 3.63) is 41.5 Å². The summed E-state index contributed by atoms with van der Waals surface area (Å²) in [5.41, 5.74) is 0.349. The number of rotatable bonds is 7.